The first kappa shape index (κ1) is 14.8. The number of hydrogen-bond acceptors (Lipinski definition) is 3. The van der Waals surface area contributed by atoms with Gasteiger partial charge in [0.05, 0.1) is 0 Å². The molecule has 1 aromatic rings. The van der Waals surface area contributed by atoms with Crippen LogP contribution in [0.4, 0.5) is 5.69 Å². The molecule has 0 amide bonds. The van der Waals surface area contributed by atoms with Gasteiger partial charge in [0, 0.05) is 41.4 Å². The average Bonchev–Trinajstić information content (AvgIpc) is 2.35. The lowest BCUT2D eigenvalue weighted by atomic mass is 9.95. The number of nitrogens with two attached hydrogens (primary N) is 1. The summed E-state index contributed by atoms with van der Waals surface area (Å²) in [6, 6.07) is 6.99. The molecule has 0 saturated carbocycles. The number of rotatable bonds is 2. The van der Waals surface area contributed by atoms with Crippen molar-refractivity contribution in [3.63, 3.8) is 0 Å². The summed E-state index contributed by atoms with van der Waals surface area (Å²) >= 11 is 3.62. The monoisotopic (exact) mass is 325 g/mol. The quantitative estimate of drug-likeness (QED) is 0.907. The summed E-state index contributed by atoms with van der Waals surface area (Å²) in [6.07, 6.45) is 0. The minimum absolute atomic E-state index is 0.139. The summed E-state index contributed by atoms with van der Waals surface area (Å²) in [5.41, 5.74) is 8.62. The second-order valence-corrected chi connectivity index (χ2v) is 6.98. The molecule has 0 radical (unpaired) electrons. The van der Waals surface area contributed by atoms with Gasteiger partial charge in [-0.1, -0.05) is 22.0 Å². The van der Waals surface area contributed by atoms with Crippen molar-refractivity contribution in [3.8, 4) is 0 Å². The lowest BCUT2D eigenvalue weighted by Crippen LogP contribution is -2.64. The Bertz CT molecular complexity index is 459. The van der Waals surface area contributed by atoms with Crippen molar-refractivity contribution in [3.05, 3.63) is 28.2 Å². The molecule has 106 valence electrons. The van der Waals surface area contributed by atoms with Crippen molar-refractivity contribution in [2.45, 2.75) is 32.4 Å². The topological polar surface area (TPSA) is 32.5 Å². The maximum absolute atomic E-state index is 5.93. The number of benzene rings is 1. The van der Waals surface area contributed by atoms with Crippen LogP contribution >= 0.6 is 15.9 Å². The predicted molar refractivity (Wildman–Crippen MR) is 85.8 cm³/mol. The zero-order valence-corrected chi connectivity index (χ0v) is 13.9. The van der Waals surface area contributed by atoms with Crippen molar-refractivity contribution in [2.24, 2.45) is 5.73 Å². The molecular weight excluding hydrogens is 302 g/mol. The Morgan fingerprint density at radius 1 is 1.42 bits per heavy atom. The number of likely N-dealkylation sites (N-methyl/N-ethyl adjacent to an activating group) is 1. The minimum atomic E-state index is 0.139. The third-order valence-corrected chi connectivity index (χ3v) is 5.16. The van der Waals surface area contributed by atoms with E-state index in [1.54, 1.807) is 0 Å². The molecule has 0 aliphatic carbocycles. The summed E-state index contributed by atoms with van der Waals surface area (Å²) in [5, 5.41) is 0. The minimum Gasteiger partial charge on any atom is -0.368 e. The highest BCUT2D eigenvalue weighted by atomic mass is 79.9. The number of anilines is 1. The number of aryl methyl sites for hydroxylation is 1. The summed E-state index contributed by atoms with van der Waals surface area (Å²) in [7, 11) is 2.18. The third kappa shape index (κ3) is 2.96. The van der Waals surface area contributed by atoms with Gasteiger partial charge in [0.2, 0.25) is 0 Å². The second kappa shape index (κ2) is 5.43. The van der Waals surface area contributed by atoms with E-state index in [2.05, 4.69) is 71.7 Å². The molecular formula is C15H24BrN3. The van der Waals surface area contributed by atoms with E-state index < -0.39 is 0 Å². The van der Waals surface area contributed by atoms with Crippen LogP contribution in [0.3, 0.4) is 0 Å². The summed E-state index contributed by atoms with van der Waals surface area (Å²) in [5.74, 6) is 0. The van der Waals surface area contributed by atoms with Crippen LogP contribution in [-0.4, -0.2) is 43.2 Å². The van der Waals surface area contributed by atoms with Crippen LogP contribution in [-0.2, 0) is 0 Å². The summed E-state index contributed by atoms with van der Waals surface area (Å²) < 4.78 is 1.17. The number of piperazine rings is 1. The third-order valence-electron chi connectivity index (χ3n) is 4.30. The maximum atomic E-state index is 5.93. The van der Waals surface area contributed by atoms with E-state index in [1.807, 2.05) is 0 Å². The molecule has 0 bridgehead atoms. The normalized spacial score (nSPS) is 23.7. The Morgan fingerprint density at radius 2 is 2.11 bits per heavy atom. The fraction of sp³-hybridized carbons (Fsp3) is 0.600. The lowest BCUT2D eigenvalue weighted by Gasteiger charge is -2.50. The van der Waals surface area contributed by atoms with Crippen LogP contribution in [0.25, 0.3) is 0 Å². The van der Waals surface area contributed by atoms with Gasteiger partial charge in [-0.2, -0.15) is 0 Å². The first-order valence-corrected chi connectivity index (χ1v) is 7.58. The lowest BCUT2D eigenvalue weighted by molar-refractivity contribution is 0.0845. The van der Waals surface area contributed by atoms with Gasteiger partial charge in [0.25, 0.3) is 0 Å². The Labute approximate surface area is 124 Å². The first-order chi connectivity index (χ1) is 8.85. The van der Waals surface area contributed by atoms with Crippen molar-refractivity contribution in [1.29, 1.82) is 0 Å². The maximum Gasteiger partial charge on any atom is 0.0396 e. The molecule has 19 heavy (non-hydrogen) atoms. The van der Waals surface area contributed by atoms with Crippen LogP contribution in [0.15, 0.2) is 22.7 Å². The smallest absolute Gasteiger partial charge is 0.0396 e. The highest BCUT2D eigenvalue weighted by Crippen LogP contribution is 2.30. The van der Waals surface area contributed by atoms with Crippen LogP contribution in [0.5, 0.6) is 0 Å². The van der Waals surface area contributed by atoms with Crippen LogP contribution < -0.4 is 10.6 Å². The Hall–Kier alpha value is -0.580. The Morgan fingerprint density at radius 3 is 2.68 bits per heavy atom. The zero-order valence-electron chi connectivity index (χ0n) is 12.3. The standard InChI is InChI=1S/C15H24BrN3/c1-11-5-6-12(7-14(11)16)19-9-13(8-17)18(4)15(2,3)10-19/h5-7,13H,8-10,17H2,1-4H3. The molecule has 3 nitrogen and oxygen atoms in total. The van der Waals surface area contributed by atoms with Gasteiger partial charge in [-0.05, 0) is 45.5 Å². The van der Waals surface area contributed by atoms with Gasteiger partial charge in [0.15, 0.2) is 0 Å². The van der Waals surface area contributed by atoms with Crippen molar-refractivity contribution in [1.82, 2.24) is 4.90 Å². The first-order valence-electron chi connectivity index (χ1n) is 6.79. The van der Waals surface area contributed by atoms with Gasteiger partial charge in [-0.3, -0.25) is 4.90 Å². The molecule has 1 saturated heterocycles. The largest absolute Gasteiger partial charge is 0.368 e. The summed E-state index contributed by atoms with van der Waals surface area (Å²) in [4.78, 5) is 4.86. The van der Waals surface area contributed by atoms with Crippen molar-refractivity contribution >= 4 is 21.6 Å². The van der Waals surface area contributed by atoms with Crippen LogP contribution in [0.2, 0.25) is 0 Å². The second-order valence-electron chi connectivity index (χ2n) is 6.13. The van der Waals surface area contributed by atoms with Gasteiger partial charge >= 0.3 is 0 Å². The fourth-order valence-electron chi connectivity index (χ4n) is 2.72. The van der Waals surface area contributed by atoms with E-state index in [1.165, 1.54) is 15.7 Å². The number of halogens is 1. The summed E-state index contributed by atoms with van der Waals surface area (Å²) in [6.45, 7) is 9.39. The molecule has 2 N–H and O–H groups in total. The Kier molecular flexibility index (Phi) is 4.23. The molecule has 2 rings (SSSR count). The highest BCUT2D eigenvalue weighted by Gasteiger charge is 2.36. The van der Waals surface area contributed by atoms with Crippen molar-refractivity contribution < 1.29 is 0 Å². The van der Waals surface area contributed by atoms with E-state index in [4.69, 9.17) is 5.73 Å². The molecule has 1 heterocycles. The molecule has 0 aromatic heterocycles. The van der Waals surface area contributed by atoms with E-state index in [0.29, 0.717) is 12.6 Å². The molecule has 1 aliphatic rings. The average molecular weight is 326 g/mol. The molecule has 0 spiro atoms. The van der Waals surface area contributed by atoms with E-state index in [0.717, 1.165) is 13.1 Å². The molecule has 1 aliphatic heterocycles. The fourth-order valence-corrected chi connectivity index (χ4v) is 3.09. The number of hydrogen-bond donors (Lipinski definition) is 1. The predicted octanol–water partition coefficient (Wildman–Crippen LogP) is 2.62. The molecule has 1 aromatic carbocycles. The van der Waals surface area contributed by atoms with Gasteiger partial charge in [-0.15, -0.1) is 0 Å². The van der Waals surface area contributed by atoms with E-state index in [-0.39, 0.29) is 5.54 Å². The molecule has 4 heteroatoms. The molecule has 1 fully saturated rings. The van der Waals surface area contributed by atoms with E-state index in [9.17, 15) is 0 Å². The Balaban J connectivity index is 2.27. The van der Waals surface area contributed by atoms with Gasteiger partial charge in [0.1, 0.15) is 0 Å². The van der Waals surface area contributed by atoms with Crippen molar-refractivity contribution in [2.75, 3.05) is 31.6 Å². The molecule has 1 unspecified atom stereocenters. The number of nitrogens with zero attached hydrogens (tertiary/aromatic N) is 2. The van der Waals surface area contributed by atoms with Crippen LogP contribution in [0.1, 0.15) is 19.4 Å². The molecule has 1 atom stereocenters. The van der Waals surface area contributed by atoms with Gasteiger partial charge in [-0.25, -0.2) is 0 Å². The zero-order chi connectivity index (χ0) is 14.2. The van der Waals surface area contributed by atoms with Crippen LogP contribution in [0, 0.1) is 6.92 Å². The van der Waals surface area contributed by atoms with E-state index >= 15 is 0 Å². The van der Waals surface area contributed by atoms with Gasteiger partial charge < -0.3 is 10.6 Å². The SMILES string of the molecule is Cc1ccc(N2CC(CN)N(C)C(C)(C)C2)cc1Br. The highest BCUT2D eigenvalue weighted by molar-refractivity contribution is 9.10.